The number of rotatable bonds is 5. The maximum absolute atomic E-state index is 12.2. The van der Waals surface area contributed by atoms with Crippen molar-refractivity contribution in [1.82, 2.24) is 9.80 Å². The maximum atomic E-state index is 12.2. The van der Waals surface area contributed by atoms with E-state index in [1.807, 2.05) is 0 Å². The first-order chi connectivity index (χ1) is 9.69. The first kappa shape index (κ1) is 15.4. The summed E-state index contributed by atoms with van der Waals surface area (Å²) in [6.45, 7) is 5.08. The molecule has 1 saturated heterocycles. The summed E-state index contributed by atoms with van der Waals surface area (Å²) in [6, 6.07) is 7.06. The lowest BCUT2D eigenvalue weighted by molar-refractivity contribution is 0.0932. The second kappa shape index (κ2) is 7.74. The van der Waals surface area contributed by atoms with Crippen LogP contribution in [-0.2, 0) is 0 Å². The molecule has 1 N–H and O–H groups in total. The van der Waals surface area contributed by atoms with Crippen molar-refractivity contribution in [1.29, 1.82) is 0 Å². The molecule has 0 amide bonds. The number of hydrogen-bond donors (Lipinski definition) is 1. The van der Waals surface area contributed by atoms with E-state index in [2.05, 4.69) is 9.80 Å². The normalized spacial score (nSPS) is 17.9. The molecule has 1 aliphatic heterocycles. The summed E-state index contributed by atoms with van der Waals surface area (Å²) in [5.74, 6) is 0.136. The van der Waals surface area contributed by atoms with Gasteiger partial charge in [0.2, 0.25) is 0 Å². The van der Waals surface area contributed by atoms with Crippen LogP contribution in [0.1, 0.15) is 16.8 Å². The monoisotopic (exact) mass is 296 g/mol. The van der Waals surface area contributed by atoms with Gasteiger partial charge in [-0.15, -0.1) is 0 Å². The van der Waals surface area contributed by atoms with Crippen LogP contribution in [0.15, 0.2) is 24.3 Å². The summed E-state index contributed by atoms with van der Waals surface area (Å²) in [4.78, 5) is 16.6. The van der Waals surface area contributed by atoms with E-state index in [4.69, 9.17) is 16.7 Å². The highest BCUT2D eigenvalue weighted by atomic mass is 35.5. The highest BCUT2D eigenvalue weighted by Gasteiger charge is 2.17. The molecule has 0 unspecified atom stereocenters. The lowest BCUT2D eigenvalue weighted by Gasteiger charge is -2.20. The van der Waals surface area contributed by atoms with Crippen LogP contribution < -0.4 is 0 Å². The molecule has 1 fully saturated rings. The number of carbonyl (C=O) groups is 1. The molecule has 0 spiro atoms. The van der Waals surface area contributed by atoms with Gasteiger partial charge in [0.15, 0.2) is 5.78 Å². The van der Waals surface area contributed by atoms with Crippen LogP contribution in [0.2, 0.25) is 5.02 Å². The fourth-order valence-electron chi connectivity index (χ4n) is 2.48. The molecule has 5 heteroatoms. The van der Waals surface area contributed by atoms with E-state index in [9.17, 15) is 4.79 Å². The molecule has 1 heterocycles. The number of Topliss-reactive ketones (excluding diaryl/α,β-unsaturated/α-hetero) is 1. The second-order valence-electron chi connectivity index (χ2n) is 5.13. The van der Waals surface area contributed by atoms with E-state index in [0.29, 0.717) is 17.1 Å². The molecule has 2 rings (SSSR count). The second-order valence-corrected chi connectivity index (χ2v) is 5.56. The minimum atomic E-state index is 0.136. The van der Waals surface area contributed by atoms with Crippen molar-refractivity contribution in [2.24, 2.45) is 0 Å². The maximum Gasteiger partial charge on any atom is 0.176 e. The summed E-state index contributed by atoms with van der Waals surface area (Å²) in [5, 5.41) is 9.62. The number of aliphatic hydroxyl groups excluding tert-OH is 1. The molecule has 0 aromatic heterocycles. The van der Waals surface area contributed by atoms with Crippen molar-refractivity contribution in [3.05, 3.63) is 34.9 Å². The summed E-state index contributed by atoms with van der Waals surface area (Å²) in [7, 11) is 0. The molecule has 20 heavy (non-hydrogen) atoms. The predicted octanol–water partition coefficient (Wildman–Crippen LogP) is 1.52. The number of halogens is 1. The molecular weight excluding hydrogens is 276 g/mol. The molecule has 0 bridgehead atoms. The van der Waals surface area contributed by atoms with Gasteiger partial charge in [0.05, 0.1) is 13.2 Å². The van der Waals surface area contributed by atoms with E-state index in [-0.39, 0.29) is 12.4 Å². The van der Waals surface area contributed by atoms with E-state index < -0.39 is 0 Å². The Bertz CT molecular complexity index is 436. The third kappa shape index (κ3) is 4.56. The average molecular weight is 297 g/mol. The van der Waals surface area contributed by atoms with Gasteiger partial charge in [0.25, 0.3) is 0 Å². The Hall–Kier alpha value is -0.940. The molecule has 1 aromatic carbocycles. The standard InChI is InChI=1S/C15H21ClN2O2/c16-14-4-2-13(3-5-14)15(20)12-18-7-1-6-17(8-9-18)10-11-19/h2-5,19H,1,6-12H2. The first-order valence-electron chi connectivity index (χ1n) is 7.03. The van der Waals surface area contributed by atoms with Crippen LogP contribution in [0.5, 0.6) is 0 Å². The minimum absolute atomic E-state index is 0.136. The summed E-state index contributed by atoms with van der Waals surface area (Å²) in [5.41, 5.74) is 0.714. The van der Waals surface area contributed by atoms with Gasteiger partial charge in [0, 0.05) is 30.2 Å². The van der Waals surface area contributed by atoms with Crippen LogP contribution in [0.4, 0.5) is 0 Å². The van der Waals surface area contributed by atoms with Crippen molar-refractivity contribution < 1.29 is 9.90 Å². The Morgan fingerprint density at radius 2 is 1.75 bits per heavy atom. The lowest BCUT2D eigenvalue weighted by atomic mass is 10.1. The van der Waals surface area contributed by atoms with Crippen molar-refractivity contribution in [3.8, 4) is 0 Å². The Morgan fingerprint density at radius 1 is 1.10 bits per heavy atom. The number of hydrogen-bond acceptors (Lipinski definition) is 4. The van der Waals surface area contributed by atoms with Gasteiger partial charge in [-0.2, -0.15) is 0 Å². The van der Waals surface area contributed by atoms with E-state index in [0.717, 1.165) is 39.1 Å². The molecule has 1 aliphatic rings. The highest BCUT2D eigenvalue weighted by Crippen LogP contribution is 2.11. The topological polar surface area (TPSA) is 43.8 Å². The quantitative estimate of drug-likeness (QED) is 0.837. The van der Waals surface area contributed by atoms with Crippen LogP contribution in [0.25, 0.3) is 0 Å². The lowest BCUT2D eigenvalue weighted by Crippen LogP contribution is -2.35. The molecular formula is C15H21ClN2O2. The van der Waals surface area contributed by atoms with E-state index in [1.165, 1.54) is 0 Å². The average Bonchev–Trinajstić information content (AvgIpc) is 2.66. The minimum Gasteiger partial charge on any atom is -0.395 e. The number of ketones is 1. The molecule has 0 saturated carbocycles. The molecule has 0 radical (unpaired) electrons. The van der Waals surface area contributed by atoms with Gasteiger partial charge in [-0.25, -0.2) is 0 Å². The van der Waals surface area contributed by atoms with Crippen LogP contribution >= 0.6 is 11.6 Å². The first-order valence-corrected chi connectivity index (χ1v) is 7.41. The highest BCUT2D eigenvalue weighted by molar-refractivity contribution is 6.30. The number of benzene rings is 1. The van der Waals surface area contributed by atoms with Gasteiger partial charge in [0.1, 0.15) is 0 Å². The Morgan fingerprint density at radius 3 is 2.45 bits per heavy atom. The summed E-state index contributed by atoms with van der Waals surface area (Å²) in [6.07, 6.45) is 1.04. The molecule has 4 nitrogen and oxygen atoms in total. The zero-order valence-electron chi connectivity index (χ0n) is 11.6. The Balaban J connectivity index is 1.86. The predicted molar refractivity (Wildman–Crippen MR) is 80.4 cm³/mol. The number of aliphatic hydroxyl groups is 1. The summed E-state index contributed by atoms with van der Waals surface area (Å²) < 4.78 is 0. The fraction of sp³-hybridized carbons (Fsp3) is 0.533. The van der Waals surface area contributed by atoms with Crippen LogP contribution in [-0.4, -0.2) is 66.6 Å². The number of carbonyl (C=O) groups excluding carboxylic acids is 1. The fourth-order valence-corrected chi connectivity index (χ4v) is 2.60. The zero-order valence-corrected chi connectivity index (χ0v) is 12.4. The van der Waals surface area contributed by atoms with Crippen molar-refractivity contribution >= 4 is 17.4 Å². The van der Waals surface area contributed by atoms with Gasteiger partial charge < -0.3 is 5.11 Å². The Labute approximate surface area is 124 Å². The van der Waals surface area contributed by atoms with Gasteiger partial charge >= 0.3 is 0 Å². The van der Waals surface area contributed by atoms with Crippen LogP contribution in [0.3, 0.4) is 0 Å². The van der Waals surface area contributed by atoms with Crippen LogP contribution in [0, 0.1) is 0 Å². The summed E-state index contributed by atoms with van der Waals surface area (Å²) >= 11 is 5.83. The van der Waals surface area contributed by atoms with Gasteiger partial charge in [-0.3, -0.25) is 14.6 Å². The van der Waals surface area contributed by atoms with E-state index >= 15 is 0 Å². The molecule has 1 aromatic rings. The molecule has 0 atom stereocenters. The van der Waals surface area contributed by atoms with Crippen molar-refractivity contribution in [2.45, 2.75) is 6.42 Å². The number of β-amino-alcohol motifs (C(OH)–C–C–N with tert-alkyl or cyclic N) is 1. The van der Waals surface area contributed by atoms with Gasteiger partial charge in [-0.05, 0) is 43.8 Å². The van der Waals surface area contributed by atoms with E-state index in [1.54, 1.807) is 24.3 Å². The third-order valence-corrected chi connectivity index (χ3v) is 3.88. The zero-order chi connectivity index (χ0) is 14.4. The van der Waals surface area contributed by atoms with Crippen molar-refractivity contribution in [3.63, 3.8) is 0 Å². The SMILES string of the molecule is O=C(CN1CCCN(CCO)CC1)c1ccc(Cl)cc1. The number of nitrogens with zero attached hydrogens (tertiary/aromatic N) is 2. The largest absolute Gasteiger partial charge is 0.395 e. The third-order valence-electron chi connectivity index (χ3n) is 3.63. The smallest absolute Gasteiger partial charge is 0.176 e. The molecule has 0 aliphatic carbocycles. The van der Waals surface area contributed by atoms with Crippen molar-refractivity contribution in [2.75, 3.05) is 45.9 Å². The Kier molecular flexibility index (Phi) is 5.98. The molecule has 110 valence electrons. The van der Waals surface area contributed by atoms with Gasteiger partial charge in [-0.1, -0.05) is 11.6 Å².